The van der Waals surface area contributed by atoms with Gasteiger partial charge in [0.15, 0.2) is 12.6 Å². The lowest BCUT2D eigenvalue weighted by Crippen LogP contribution is -2.65. The van der Waals surface area contributed by atoms with Gasteiger partial charge >= 0.3 is 0 Å². The molecule has 1 amide bonds. The second-order valence-corrected chi connectivity index (χ2v) is 24.6. The second-order valence-electron chi connectivity index (χ2n) is 24.6. The van der Waals surface area contributed by atoms with Crippen LogP contribution in [0.3, 0.4) is 0 Å². The van der Waals surface area contributed by atoms with Gasteiger partial charge in [0, 0.05) is 6.42 Å². The van der Waals surface area contributed by atoms with E-state index in [0.717, 1.165) is 57.8 Å². The minimum absolute atomic E-state index is 0.253. The van der Waals surface area contributed by atoms with E-state index in [1.807, 2.05) is 6.08 Å². The van der Waals surface area contributed by atoms with Crippen LogP contribution in [-0.2, 0) is 23.7 Å². The topological polar surface area (TPSA) is 228 Å². The summed E-state index contributed by atoms with van der Waals surface area (Å²) in [5.41, 5.74) is 0. The van der Waals surface area contributed by atoms with Gasteiger partial charge in [-0.25, -0.2) is 0 Å². The molecule has 0 aromatic carbocycles. The van der Waals surface area contributed by atoms with Crippen molar-refractivity contribution < 1.29 is 64.6 Å². The number of rotatable bonds is 57. The van der Waals surface area contributed by atoms with Crippen LogP contribution in [0, 0.1) is 0 Å². The van der Waals surface area contributed by atoms with Crippen LogP contribution < -0.4 is 5.32 Å². The van der Waals surface area contributed by atoms with E-state index in [0.29, 0.717) is 12.8 Å². The molecule has 12 atom stereocenters. The molecule has 14 nitrogen and oxygen atoms in total. The molecule has 2 aliphatic rings. The van der Waals surface area contributed by atoms with Crippen molar-refractivity contribution in [1.82, 2.24) is 5.32 Å². The third-order valence-corrected chi connectivity index (χ3v) is 16.8. The van der Waals surface area contributed by atoms with E-state index in [-0.39, 0.29) is 18.9 Å². The SMILES string of the molecule is CCCCCCC/C=C\C/C=C\C/C=C\CCCCCCCCCCCCCCCCC(=O)NC(COC1OC(CO)C(OC2OC(CO)C(O)C(O)C2O)C(O)C1O)C(O)/C=C/CC/C=C/CC/C=C/CCCCCCCCCCCCCCC. The largest absolute Gasteiger partial charge is 0.394 e. The number of ether oxygens (including phenoxy) is 4. The van der Waals surface area contributed by atoms with Crippen LogP contribution in [0.1, 0.15) is 284 Å². The molecule has 0 spiro atoms. The average molecular weight is 1220 g/mol. The molecule has 9 N–H and O–H groups in total. The number of unbranched alkanes of at least 4 members (excludes halogenated alkanes) is 34. The van der Waals surface area contributed by atoms with Gasteiger partial charge in [0.2, 0.25) is 5.91 Å². The third-order valence-electron chi connectivity index (χ3n) is 16.8. The molecule has 2 aliphatic heterocycles. The van der Waals surface area contributed by atoms with Crippen LogP contribution in [0.5, 0.6) is 0 Å². The number of carbonyl (C=O) groups excluding carboxylic acids is 1. The summed E-state index contributed by atoms with van der Waals surface area (Å²) in [5, 5.41) is 87.4. The number of aliphatic hydroxyl groups is 8. The fourth-order valence-corrected chi connectivity index (χ4v) is 11.2. The van der Waals surface area contributed by atoms with E-state index in [2.05, 4.69) is 79.9 Å². The molecule has 0 radical (unpaired) electrons. The molecule has 500 valence electrons. The number of aliphatic hydroxyl groups excluding tert-OH is 8. The Morgan fingerprint density at radius 1 is 0.419 bits per heavy atom. The molecule has 14 heteroatoms. The summed E-state index contributed by atoms with van der Waals surface area (Å²) in [6.07, 6.45) is 59.5. The minimum atomic E-state index is -1.80. The standard InChI is InChI=1S/C72H129NO13/c1-3-5-7-9-11-13-15-17-19-21-23-25-27-28-29-30-31-32-34-36-38-40-42-44-46-48-50-52-54-56-64(77)73-60(59-83-71-69(82)67(80)70(63(58-75)85-71)86-72-68(81)66(79)65(78)62(57-74)84-72)61(76)55-53-51-49-47-45-43-41-39-37-35-33-26-24-22-20-18-16-14-12-10-8-6-4-2/h15,17,21,23,27-28,37,39,45,47,53,55,60-63,65-72,74-76,78-82H,3-14,16,18-20,22,24-26,29-36,38,40-44,46,48-52,54,56-59H2,1-2H3,(H,73,77)/b17-15-,23-21-,28-27-,39-37+,47-45+,55-53+. The van der Waals surface area contributed by atoms with Crippen molar-refractivity contribution in [2.24, 2.45) is 0 Å². The number of nitrogens with one attached hydrogen (secondary N) is 1. The first-order valence-electron chi connectivity index (χ1n) is 35.2. The van der Waals surface area contributed by atoms with E-state index in [1.54, 1.807) is 6.08 Å². The van der Waals surface area contributed by atoms with E-state index < -0.39 is 86.8 Å². The predicted molar refractivity (Wildman–Crippen MR) is 350 cm³/mol. The quantitative estimate of drug-likeness (QED) is 0.0204. The molecular formula is C72H129NO13. The number of amides is 1. The van der Waals surface area contributed by atoms with Crippen molar-refractivity contribution in [3.63, 3.8) is 0 Å². The first-order valence-corrected chi connectivity index (χ1v) is 35.2. The Kier molecular flexibility index (Phi) is 52.2. The summed E-state index contributed by atoms with van der Waals surface area (Å²) in [5.74, 6) is -0.253. The second kappa shape index (κ2) is 56.4. The van der Waals surface area contributed by atoms with E-state index in [9.17, 15) is 45.6 Å². The highest BCUT2D eigenvalue weighted by Crippen LogP contribution is 2.30. The van der Waals surface area contributed by atoms with Crippen LogP contribution in [0.4, 0.5) is 0 Å². The lowest BCUT2D eigenvalue weighted by atomic mass is 9.97. The van der Waals surface area contributed by atoms with E-state index in [1.165, 1.54) is 193 Å². The Morgan fingerprint density at radius 2 is 0.779 bits per heavy atom. The summed E-state index contributed by atoms with van der Waals surface area (Å²) in [6.45, 7) is 2.79. The van der Waals surface area contributed by atoms with E-state index in [4.69, 9.17) is 18.9 Å². The van der Waals surface area contributed by atoms with Gasteiger partial charge in [-0.1, -0.05) is 267 Å². The Morgan fingerprint density at radius 3 is 1.22 bits per heavy atom. The maximum absolute atomic E-state index is 13.3. The summed E-state index contributed by atoms with van der Waals surface area (Å²) in [4.78, 5) is 13.3. The highest BCUT2D eigenvalue weighted by molar-refractivity contribution is 5.76. The van der Waals surface area contributed by atoms with Crippen LogP contribution in [0.25, 0.3) is 0 Å². The van der Waals surface area contributed by atoms with Crippen molar-refractivity contribution in [2.45, 2.75) is 357 Å². The molecular weight excluding hydrogens is 1090 g/mol. The van der Waals surface area contributed by atoms with Gasteiger partial charge in [-0.05, 0) is 83.5 Å². The van der Waals surface area contributed by atoms with Gasteiger partial charge in [0.05, 0.1) is 32.0 Å². The molecule has 0 aromatic heterocycles. The van der Waals surface area contributed by atoms with Gasteiger partial charge in [0.25, 0.3) is 0 Å². The number of hydrogen-bond acceptors (Lipinski definition) is 13. The number of carbonyl (C=O) groups is 1. The Labute approximate surface area is 523 Å². The molecule has 2 saturated heterocycles. The van der Waals surface area contributed by atoms with Gasteiger partial charge in [-0.2, -0.15) is 0 Å². The van der Waals surface area contributed by atoms with Crippen LogP contribution in [0.2, 0.25) is 0 Å². The molecule has 0 aliphatic carbocycles. The zero-order valence-electron chi connectivity index (χ0n) is 54.3. The molecule has 86 heavy (non-hydrogen) atoms. The monoisotopic (exact) mass is 1220 g/mol. The van der Waals surface area contributed by atoms with Crippen molar-refractivity contribution in [2.75, 3.05) is 19.8 Å². The number of allylic oxidation sites excluding steroid dienone is 11. The van der Waals surface area contributed by atoms with Gasteiger partial charge in [-0.15, -0.1) is 0 Å². The summed E-state index contributed by atoms with van der Waals surface area (Å²) in [6, 6.07) is -0.943. The van der Waals surface area contributed by atoms with Crippen LogP contribution in [0.15, 0.2) is 72.9 Å². The van der Waals surface area contributed by atoms with Gasteiger partial charge < -0.3 is 65.1 Å². The van der Waals surface area contributed by atoms with Gasteiger partial charge in [-0.3, -0.25) is 4.79 Å². The highest BCUT2D eigenvalue weighted by atomic mass is 16.7. The predicted octanol–water partition coefficient (Wildman–Crippen LogP) is 14.2. The summed E-state index contributed by atoms with van der Waals surface area (Å²) in [7, 11) is 0. The van der Waals surface area contributed by atoms with Crippen LogP contribution >= 0.6 is 0 Å². The van der Waals surface area contributed by atoms with Crippen molar-refractivity contribution in [3.05, 3.63) is 72.9 Å². The Balaban J connectivity index is 1.70. The number of hydrogen-bond donors (Lipinski definition) is 9. The minimum Gasteiger partial charge on any atom is -0.394 e. The average Bonchev–Trinajstić information content (AvgIpc) is 2.53. The summed E-state index contributed by atoms with van der Waals surface area (Å²) < 4.78 is 22.8. The molecule has 2 rings (SSSR count). The molecule has 2 fully saturated rings. The molecule has 12 unspecified atom stereocenters. The van der Waals surface area contributed by atoms with Crippen molar-refractivity contribution in [3.8, 4) is 0 Å². The zero-order chi connectivity index (χ0) is 62.3. The first kappa shape index (κ1) is 79.5. The fourth-order valence-electron chi connectivity index (χ4n) is 11.2. The third kappa shape index (κ3) is 40.2. The van der Waals surface area contributed by atoms with Crippen molar-refractivity contribution in [1.29, 1.82) is 0 Å². The Hall–Kier alpha value is -2.57. The maximum Gasteiger partial charge on any atom is 0.220 e. The van der Waals surface area contributed by atoms with E-state index >= 15 is 0 Å². The smallest absolute Gasteiger partial charge is 0.220 e. The summed E-state index contributed by atoms with van der Waals surface area (Å²) >= 11 is 0. The molecule has 0 saturated carbocycles. The lowest BCUT2D eigenvalue weighted by Gasteiger charge is -2.46. The van der Waals surface area contributed by atoms with Gasteiger partial charge in [0.1, 0.15) is 48.8 Å². The maximum atomic E-state index is 13.3. The highest BCUT2D eigenvalue weighted by Gasteiger charge is 2.51. The zero-order valence-corrected chi connectivity index (χ0v) is 54.3. The molecule has 2 heterocycles. The lowest BCUT2D eigenvalue weighted by molar-refractivity contribution is -0.359. The normalized spacial score (nSPS) is 23.8. The van der Waals surface area contributed by atoms with Crippen LogP contribution in [-0.4, -0.2) is 140 Å². The fraction of sp³-hybridized carbons (Fsp3) is 0.819. The first-order chi connectivity index (χ1) is 42.1. The molecule has 0 bridgehead atoms. The Bertz CT molecular complexity index is 1720. The van der Waals surface area contributed by atoms with Crippen molar-refractivity contribution >= 4 is 5.91 Å². The molecule has 0 aromatic rings.